The summed E-state index contributed by atoms with van der Waals surface area (Å²) in [6, 6.07) is 2.35. The summed E-state index contributed by atoms with van der Waals surface area (Å²) in [5.74, 6) is 0. The minimum absolute atomic E-state index is 0.439. The van der Waals surface area contributed by atoms with Crippen molar-refractivity contribution in [1.82, 2.24) is 15.1 Å². The maximum absolute atomic E-state index is 9.17. The summed E-state index contributed by atoms with van der Waals surface area (Å²) in [6.07, 6.45) is 1.17. The van der Waals surface area contributed by atoms with Crippen LogP contribution in [-0.4, -0.2) is 61.7 Å². The van der Waals surface area contributed by atoms with Gasteiger partial charge in [-0.2, -0.15) is 5.26 Å². The molecule has 0 heterocycles. The first-order chi connectivity index (χ1) is 8.55. The highest BCUT2D eigenvalue weighted by molar-refractivity contribution is 5.04. The molecule has 0 radical (unpaired) electrons. The van der Waals surface area contributed by atoms with E-state index < -0.39 is 5.54 Å². The van der Waals surface area contributed by atoms with Crippen LogP contribution in [0.3, 0.4) is 0 Å². The van der Waals surface area contributed by atoms with E-state index in [1.165, 1.54) is 6.42 Å². The van der Waals surface area contributed by atoms with Crippen LogP contribution in [0.1, 0.15) is 34.1 Å². The fraction of sp³-hybridized carbons (Fsp3) is 0.929. The number of nitrogens with one attached hydrogen (secondary N) is 1. The van der Waals surface area contributed by atoms with Crippen LogP contribution in [0.25, 0.3) is 0 Å². The molecule has 4 nitrogen and oxygen atoms in total. The predicted molar refractivity (Wildman–Crippen MR) is 77.6 cm³/mol. The Morgan fingerprint density at radius 1 is 1.06 bits per heavy atom. The van der Waals surface area contributed by atoms with E-state index >= 15 is 0 Å². The van der Waals surface area contributed by atoms with E-state index in [9.17, 15) is 5.26 Å². The minimum atomic E-state index is -0.439. The second kappa shape index (κ2) is 9.32. The molecular weight excluding hydrogens is 224 g/mol. The smallest absolute Gasteiger partial charge is 0.116 e. The molecule has 4 heteroatoms. The second-order valence-electron chi connectivity index (χ2n) is 4.94. The van der Waals surface area contributed by atoms with E-state index in [2.05, 4.69) is 42.0 Å². The van der Waals surface area contributed by atoms with Crippen molar-refractivity contribution in [2.45, 2.75) is 39.7 Å². The van der Waals surface area contributed by atoms with Gasteiger partial charge in [0.25, 0.3) is 0 Å². The first-order valence-corrected chi connectivity index (χ1v) is 7.10. The van der Waals surface area contributed by atoms with Crippen molar-refractivity contribution in [2.75, 3.05) is 46.3 Å². The van der Waals surface area contributed by atoms with Crippen molar-refractivity contribution >= 4 is 0 Å². The van der Waals surface area contributed by atoms with Gasteiger partial charge in [0.2, 0.25) is 0 Å². The molecule has 1 atom stereocenters. The highest BCUT2D eigenvalue weighted by Crippen LogP contribution is 2.05. The molecule has 0 aromatic heterocycles. The van der Waals surface area contributed by atoms with Gasteiger partial charge in [-0.25, -0.2) is 0 Å². The summed E-state index contributed by atoms with van der Waals surface area (Å²) in [4.78, 5) is 4.79. The van der Waals surface area contributed by atoms with Gasteiger partial charge in [0, 0.05) is 6.54 Å². The molecule has 106 valence electrons. The third-order valence-electron chi connectivity index (χ3n) is 3.63. The first kappa shape index (κ1) is 17.4. The lowest BCUT2D eigenvalue weighted by molar-refractivity contribution is 0.213. The van der Waals surface area contributed by atoms with Gasteiger partial charge in [-0.05, 0) is 53.1 Å². The first-order valence-electron chi connectivity index (χ1n) is 7.10. The lowest BCUT2D eigenvalue weighted by atomic mass is 10.0. The summed E-state index contributed by atoms with van der Waals surface area (Å²) in [6.45, 7) is 14.8. The van der Waals surface area contributed by atoms with Crippen molar-refractivity contribution in [3.8, 4) is 6.07 Å². The summed E-state index contributed by atoms with van der Waals surface area (Å²) in [5.41, 5.74) is -0.439. The van der Waals surface area contributed by atoms with Gasteiger partial charge in [0.15, 0.2) is 0 Å². The van der Waals surface area contributed by atoms with E-state index in [1.54, 1.807) is 0 Å². The Labute approximate surface area is 113 Å². The summed E-state index contributed by atoms with van der Waals surface area (Å²) in [7, 11) is 1.85. The highest BCUT2D eigenvalue weighted by atomic mass is 15.2. The zero-order valence-electron chi connectivity index (χ0n) is 12.8. The van der Waals surface area contributed by atoms with E-state index in [0.717, 1.165) is 39.3 Å². The molecule has 1 N–H and O–H groups in total. The summed E-state index contributed by atoms with van der Waals surface area (Å²) < 4.78 is 0. The Kier molecular flexibility index (Phi) is 8.99. The maximum Gasteiger partial charge on any atom is 0.116 e. The van der Waals surface area contributed by atoms with Crippen LogP contribution >= 0.6 is 0 Å². The Morgan fingerprint density at radius 3 is 1.94 bits per heavy atom. The van der Waals surface area contributed by atoms with Crippen molar-refractivity contribution in [3.05, 3.63) is 0 Å². The standard InChI is InChI=1S/C14H30N4/c1-6-17(7-2)10-9-11-18(8-3)13-14(4,12-15)16-5/h16H,6-11,13H2,1-5H3. The van der Waals surface area contributed by atoms with Crippen molar-refractivity contribution < 1.29 is 0 Å². The molecule has 1 unspecified atom stereocenters. The third-order valence-corrected chi connectivity index (χ3v) is 3.63. The van der Waals surface area contributed by atoms with Crippen LogP contribution < -0.4 is 5.32 Å². The van der Waals surface area contributed by atoms with Crippen molar-refractivity contribution in [2.24, 2.45) is 0 Å². The molecule has 0 rings (SSSR count). The number of hydrogen-bond acceptors (Lipinski definition) is 4. The van der Waals surface area contributed by atoms with Gasteiger partial charge in [0.1, 0.15) is 5.54 Å². The molecule has 0 fully saturated rings. The predicted octanol–water partition coefficient (Wildman–Crippen LogP) is 1.54. The zero-order valence-corrected chi connectivity index (χ0v) is 12.8. The normalized spacial score (nSPS) is 14.8. The number of nitriles is 1. The Bertz CT molecular complexity index is 245. The maximum atomic E-state index is 9.17. The van der Waals surface area contributed by atoms with Gasteiger partial charge < -0.3 is 15.1 Å². The van der Waals surface area contributed by atoms with Gasteiger partial charge in [-0.3, -0.25) is 0 Å². The van der Waals surface area contributed by atoms with E-state index in [-0.39, 0.29) is 0 Å². The molecule has 18 heavy (non-hydrogen) atoms. The molecular formula is C14H30N4. The highest BCUT2D eigenvalue weighted by Gasteiger charge is 2.23. The molecule has 0 saturated carbocycles. The Morgan fingerprint density at radius 2 is 1.56 bits per heavy atom. The topological polar surface area (TPSA) is 42.3 Å². The molecule has 0 aliphatic heterocycles. The fourth-order valence-corrected chi connectivity index (χ4v) is 2.02. The average molecular weight is 254 g/mol. The summed E-state index contributed by atoms with van der Waals surface area (Å²) >= 11 is 0. The Balaban J connectivity index is 4.09. The van der Waals surface area contributed by atoms with Crippen LogP contribution in [0.2, 0.25) is 0 Å². The molecule has 0 bridgehead atoms. The number of likely N-dealkylation sites (N-methyl/N-ethyl adjacent to an activating group) is 2. The van der Waals surface area contributed by atoms with Crippen LogP contribution in [0.5, 0.6) is 0 Å². The van der Waals surface area contributed by atoms with Crippen LogP contribution in [0.4, 0.5) is 0 Å². The minimum Gasteiger partial charge on any atom is -0.304 e. The van der Waals surface area contributed by atoms with Crippen LogP contribution in [0, 0.1) is 11.3 Å². The molecule has 0 amide bonds. The van der Waals surface area contributed by atoms with Gasteiger partial charge >= 0.3 is 0 Å². The Hall–Kier alpha value is -0.630. The lowest BCUT2D eigenvalue weighted by Crippen LogP contribution is -2.49. The van der Waals surface area contributed by atoms with Crippen LogP contribution in [0.15, 0.2) is 0 Å². The van der Waals surface area contributed by atoms with E-state index in [0.29, 0.717) is 0 Å². The number of hydrogen-bond donors (Lipinski definition) is 1. The van der Waals surface area contributed by atoms with Crippen molar-refractivity contribution in [3.63, 3.8) is 0 Å². The molecule has 0 aliphatic carbocycles. The molecule has 0 saturated heterocycles. The van der Waals surface area contributed by atoms with Gasteiger partial charge in [-0.1, -0.05) is 20.8 Å². The van der Waals surface area contributed by atoms with Gasteiger partial charge in [0.05, 0.1) is 6.07 Å². The molecule has 0 spiro atoms. The van der Waals surface area contributed by atoms with Crippen molar-refractivity contribution in [1.29, 1.82) is 5.26 Å². The van der Waals surface area contributed by atoms with E-state index in [4.69, 9.17) is 0 Å². The van der Waals surface area contributed by atoms with E-state index in [1.807, 2.05) is 14.0 Å². The SMILES string of the molecule is CCN(CC)CCCN(CC)CC(C)(C#N)NC. The van der Waals surface area contributed by atoms with Gasteiger partial charge in [-0.15, -0.1) is 0 Å². The monoisotopic (exact) mass is 254 g/mol. The molecule has 0 aromatic rings. The third kappa shape index (κ3) is 6.34. The fourth-order valence-electron chi connectivity index (χ4n) is 2.02. The summed E-state index contributed by atoms with van der Waals surface area (Å²) in [5, 5.41) is 12.3. The zero-order chi connectivity index (χ0) is 14.0. The largest absolute Gasteiger partial charge is 0.304 e. The lowest BCUT2D eigenvalue weighted by Gasteiger charge is -2.30. The quantitative estimate of drug-likeness (QED) is 0.642. The molecule has 0 aromatic carbocycles. The number of rotatable bonds is 10. The second-order valence-corrected chi connectivity index (χ2v) is 4.94. The van der Waals surface area contributed by atoms with Crippen LogP contribution in [-0.2, 0) is 0 Å². The average Bonchev–Trinajstić information content (AvgIpc) is 2.42. The molecule has 0 aliphatic rings. The number of nitrogens with zero attached hydrogens (tertiary/aromatic N) is 3.